The number of nitrogens with one attached hydrogen (secondary N) is 3. The molecule has 0 fully saturated rings. The Morgan fingerprint density at radius 1 is 0.882 bits per heavy atom. The molecule has 3 N–H and O–H groups in total. The third-order valence-electron chi connectivity index (χ3n) is 4.63. The number of rotatable bonds is 7. The SMILES string of the molecule is CC(=O)Nc1ccc(-c2csc(Nc3ccc(S(=O)(=O)Nc4nc(C)cc(C)n4)cc3)n2)cc1. The second-order valence-electron chi connectivity index (χ2n) is 7.53. The predicted molar refractivity (Wildman–Crippen MR) is 134 cm³/mol. The maximum atomic E-state index is 12.7. The van der Waals surface area contributed by atoms with Gasteiger partial charge in [-0.2, -0.15) is 0 Å². The van der Waals surface area contributed by atoms with Crippen molar-refractivity contribution in [3.63, 3.8) is 0 Å². The van der Waals surface area contributed by atoms with Crippen LogP contribution in [0.1, 0.15) is 18.3 Å². The van der Waals surface area contributed by atoms with Gasteiger partial charge in [0.05, 0.1) is 10.6 Å². The number of amides is 1. The molecule has 0 saturated heterocycles. The number of hydrogen-bond donors (Lipinski definition) is 3. The van der Waals surface area contributed by atoms with Gasteiger partial charge in [-0.25, -0.2) is 28.1 Å². The molecule has 4 rings (SSSR count). The minimum absolute atomic E-state index is 0.0418. The van der Waals surface area contributed by atoms with Crippen LogP contribution in [0.2, 0.25) is 0 Å². The Morgan fingerprint density at radius 3 is 2.12 bits per heavy atom. The third-order valence-corrected chi connectivity index (χ3v) is 6.73. The van der Waals surface area contributed by atoms with Crippen molar-refractivity contribution in [2.75, 3.05) is 15.4 Å². The van der Waals surface area contributed by atoms with Crippen molar-refractivity contribution in [3.8, 4) is 11.3 Å². The smallest absolute Gasteiger partial charge is 0.264 e. The van der Waals surface area contributed by atoms with Crippen molar-refractivity contribution in [2.45, 2.75) is 25.7 Å². The van der Waals surface area contributed by atoms with E-state index in [2.05, 4.69) is 30.3 Å². The fourth-order valence-electron chi connectivity index (χ4n) is 3.18. The van der Waals surface area contributed by atoms with Crippen LogP contribution in [0.3, 0.4) is 0 Å². The van der Waals surface area contributed by atoms with Crippen LogP contribution in [0.5, 0.6) is 0 Å². The molecule has 2 aromatic heterocycles. The minimum atomic E-state index is -3.82. The van der Waals surface area contributed by atoms with Crippen LogP contribution in [-0.4, -0.2) is 29.3 Å². The fourth-order valence-corrected chi connectivity index (χ4v) is 4.87. The predicted octanol–water partition coefficient (Wildman–Crippen LogP) is 4.72. The van der Waals surface area contributed by atoms with Crippen LogP contribution in [0.25, 0.3) is 11.3 Å². The summed E-state index contributed by atoms with van der Waals surface area (Å²) in [6.07, 6.45) is 0. The normalized spacial score (nSPS) is 11.1. The molecule has 0 radical (unpaired) electrons. The molecule has 9 nitrogen and oxygen atoms in total. The summed E-state index contributed by atoms with van der Waals surface area (Å²) in [7, 11) is -3.82. The summed E-state index contributed by atoms with van der Waals surface area (Å²) >= 11 is 1.43. The van der Waals surface area contributed by atoms with Gasteiger partial charge in [0.2, 0.25) is 11.9 Å². The molecule has 34 heavy (non-hydrogen) atoms. The van der Waals surface area contributed by atoms with Crippen molar-refractivity contribution in [1.82, 2.24) is 15.0 Å². The first kappa shape index (κ1) is 23.3. The molecule has 4 aromatic rings. The Labute approximate surface area is 201 Å². The Kier molecular flexibility index (Phi) is 6.57. The lowest BCUT2D eigenvalue weighted by atomic mass is 10.1. The van der Waals surface area contributed by atoms with E-state index < -0.39 is 10.0 Å². The number of nitrogens with zero attached hydrogens (tertiary/aromatic N) is 3. The molecule has 0 bridgehead atoms. The van der Waals surface area contributed by atoms with E-state index in [1.807, 2.05) is 29.6 Å². The van der Waals surface area contributed by atoms with Gasteiger partial charge >= 0.3 is 0 Å². The van der Waals surface area contributed by atoms with Crippen LogP contribution in [0.4, 0.5) is 22.5 Å². The molecular formula is C23H22N6O3S2. The molecule has 0 atom stereocenters. The first-order valence-electron chi connectivity index (χ1n) is 10.2. The lowest BCUT2D eigenvalue weighted by Gasteiger charge is -2.09. The number of benzene rings is 2. The standard InChI is InChI=1S/C23H22N6O3S2/c1-14-12-15(2)25-22(24-14)29-34(31,32)20-10-8-19(9-11-20)27-23-28-21(13-33-23)17-4-6-18(7-5-17)26-16(3)30/h4-13H,1-3H3,(H,26,30)(H,27,28)(H,24,25,29). The summed E-state index contributed by atoms with van der Waals surface area (Å²) in [5, 5.41) is 8.50. The number of thiazole rings is 1. The van der Waals surface area contributed by atoms with E-state index >= 15 is 0 Å². The molecule has 174 valence electrons. The first-order chi connectivity index (χ1) is 16.2. The molecule has 2 aromatic carbocycles. The molecule has 0 aliphatic heterocycles. The first-order valence-corrected chi connectivity index (χ1v) is 12.6. The number of carbonyl (C=O) groups excluding carboxylic acids is 1. The number of hydrogen-bond acceptors (Lipinski definition) is 8. The molecule has 0 unspecified atom stereocenters. The third kappa shape index (κ3) is 5.74. The van der Waals surface area contributed by atoms with Crippen LogP contribution in [0, 0.1) is 13.8 Å². The topological polar surface area (TPSA) is 126 Å². The van der Waals surface area contributed by atoms with Gasteiger partial charge in [-0.1, -0.05) is 12.1 Å². The average molecular weight is 495 g/mol. The van der Waals surface area contributed by atoms with E-state index in [0.717, 1.165) is 16.9 Å². The Hall–Kier alpha value is -3.83. The summed E-state index contributed by atoms with van der Waals surface area (Å²) in [6.45, 7) is 5.01. The number of aromatic nitrogens is 3. The Bertz CT molecular complexity index is 1410. The van der Waals surface area contributed by atoms with Gasteiger partial charge < -0.3 is 10.6 Å². The highest BCUT2D eigenvalue weighted by Gasteiger charge is 2.16. The minimum Gasteiger partial charge on any atom is -0.332 e. The van der Waals surface area contributed by atoms with Crippen molar-refractivity contribution in [1.29, 1.82) is 0 Å². The van der Waals surface area contributed by atoms with E-state index in [1.165, 1.54) is 30.4 Å². The van der Waals surface area contributed by atoms with E-state index in [9.17, 15) is 13.2 Å². The van der Waals surface area contributed by atoms with Gasteiger partial charge in [0.25, 0.3) is 10.0 Å². The van der Waals surface area contributed by atoms with E-state index in [1.54, 1.807) is 32.0 Å². The van der Waals surface area contributed by atoms with Crippen LogP contribution in [-0.2, 0) is 14.8 Å². The summed E-state index contributed by atoms with van der Waals surface area (Å²) in [4.78, 5) is 24.1. The Morgan fingerprint density at radius 2 is 1.50 bits per heavy atom. The summed E-state index contributed by atoms with van der Waals surface area (Å²) in [5.41, 5.74) is 4.48. The molecule has 1 amide bonds. The number of sulfonamides is 1. The van der Waals surface area contributed by atoms with Gasteiger partial charge in [0, 0.05) is 40.6 Å². The molecule has 11 heteroatoms. The van der Waals surface area contributed by atoms with Crippen LogP contribution in [0.15, 0.2) is 64.9 Å². The van der Waals surface area contributed by atoms with Gasteiger partial charge in [-0.05, 0) is 56.3 Å². The zero-order valence-electron chi connectivity index (χ0n) is 18.7. The second-order valence-corrected chi connectivity index (χ2v) is 10.1. The van der Waals surface area contributed by atoms with Crippen molar-refractivity contribution < 1.29 is 13.2 Å². The maximum Gasteiger partial charge on any atom is 0.264 e. The number of aryl methyl sites for hydroxylation is 2. The highest BCUT2D eigenvalue weighted by Crippen LogP contribution is 2.28. The quantitative estimate of drug-likeness (QED) is 0.339. The highest BCUT2D eigenvalue weighted by molar-refractivity contribution is 7.92. The van der Waals surface area contributed by atoms with E-state index in [4.69, 9.17) is 0 Å². The summed E-state index contributed by atoms with van der Waals surface area (Å²) < 4.78 is 27.8. The molecular weight excluding hydrogens is 472 g/mol. The van der Waals surface area contributed by atoms with Gasteiger partial charge in [0.15, 0.2) is 5.13 Å². The Balaban J connectivity index is 1.44. The molecule has 0 saturated carbocycles. The average Bonchev–Trinajstić information content (AvgIpc) is 3.21. The van der Waals surface area contributed by atoms with Crippen molar-refractivity contribution >= 4 is 49.7 Å². The largest absolute Gasteiger partial charge is 0.332 e. The molecule has 0 aliphatic carbocycles. The number of anilines is 4. The lowest BCUT2D eigenvalue weighted by molar-refractivity contribution is -0.114. The van der Waals surface area contributed by atoms with E-state index in [-0.39, 0.29) is 16.8 Å². The lowest BCUT2D eigenvalue weighted by Crippen LogP contribution is -2.15. The van der Waals surface area contributed by atoms with E-state index in [0.29, 0.717) is 22.2 Å². The molecule has 0 spiro atoms. The molecule has 0 aliphatic rings. The fraction of sp³-hybridized carbons (Fsp3) is 0.130. The zero-order chi connectivity index (χ0) is 24.3. The summed E-state index contributed by atoms with van der Waals surface area (Å²) in [5.74, 6) is -0.0822. The molecule has 2 heterocycles. The zero-order valence-corrected chi connectivity index (χ0v) is 20.3. The number of carbonyl (C=O) groups is 1. The second kappa shape index (κ2) is 9.57. The van der Waals surface area contributed by atoms with Gasteiger partial charge in [0.1, 0.15) is 0 Å². The van der Waals surface area contributed by atoms with Crippen molar-refractivity contribution in [2.24, 2.45) is 0 Å². The maximum absolute atomic E-state index is 12.7. The van der Waals surface area contributed by atoms with Crippen molar-refractivity contribution in [3.05, 3.63) is 71.4 Å². The highest BCUT2D eigenvalue weighted by atomic mass is 32.2. The van der Waals surface area contributed by atoms with Crippen LogP contribution >= 0.6 is 11.3 Å². The summed E-state index contributed by atoms with van der Waals surface area (Å²) in [6, 6.07) is 15.5. The van der Waals surface area contributed by atoms with Gasteiger partial charge in [-0.3, -0.25) is 4.79 Å². The van der Waals surface area contributed by atoms with Crippen LogP contribution < -0.4 is 15.4 Å². The monoisotopic (exact) mass is 494 g/mol. The van der Waals surface area contributed by atoms with Gasteiger partial charge in [-0.15, -0.1) is 11.3 Å².